The van der Waals surface area contributed by atoms with Gasteiger partial charge in [0.1, 0.15) is 5.82 Å². The molecule has 2 saturated heterocycles. The second kappa shape index (κ2) is 10.3. The molecule has 2 aromatic rings. The Labute approximate surface area is 211 Å². The lowest BCUT2D eigenvalue weighted by Crippen LogP contribution is -2.49. The van der Waals surface area contributed by atoms with Gasteiger partial charge in [0.2, 0.25) is 10.0 Å². The number of carbonyl (C=O) groups is 1. The van der Waals surface area contributed by atoms with Crippen LogP contribution in [0.25, 0.3) is 0 Å². The quantitative estimate of drug-likeness (QED) is 0.600. The highest BCUT2D eigenvalue weighted by atomic mass is 32.2. The first-order chi connectivity index (χ1) is 17.0. The summed E-state index contributed by atoms with van der Waals surface area (Å²) in [4.78, 5) is 19.1. The van der Waals surface area contributed by atoms with E-state index in [0.717, 1.165) is 50.4 Å². The van der Waals surface area contributed by atoms with Crippen LogP contribution in [0.3, 0.4) is 0 Å². The van der Waals surface area contributed by atoms with Crippen molar-refractivity contribution in [2.24, 2.45) is 0 Å². The van der Waals surface area contributed by atoms with Gasteiger partial charge in [0.25, 0.3) is 5.91 Å². The van der Waals surface area contributed by atoms with E-state index in [1.807, 2.05) is 0 Å². The molecule has 0 aromatic heterocycles. The van der Waals surface area contributed by atoms with Gasteiger partial charge >= 0.3 is 0 Å². The topological polar surface area (TPSA) is 107 Å². The van der Waals surface area contributed by atoms with Crippen molar-refractivity contribution in [3.8, 4) is 0 Å². The molecule has 0 aliphatic carbocycles. The van der Waals surface area contributed by atoms with Crippen LogP contribution >= 0.6 is 0 Å². The molecule has 2 aliphatic heterocycles. The minimum Gasteiger partial charge on any atom is -0.371 e. The minimum atomic E-state index is -3.73. The summed E-state index contributed by atoms with van der Waals surface area (Å²) in [5.41, 5.74) is 1.34. The second-order valence-corrected chi connectivity index (χ2v) is 13.0. The van der Waals surface area contributed by atoms with Crippen molar-refractivity contribution in [1.29, 1.82) is 0 Å². The Bertz CT molecular complexity index is 1350. The van der Waals surface area contributed by atoms with Crippen LogP contribution in [-0.2, 0) is 19.9 Å². The molecule has 0 saturated carbocycles. The van der Waals surface area contributed by atoms with Gasteiger partial charge in [-0.3, -0.25) is 4.79 Å². The number of piperidine rings is 1. The average Bonchev–Trinajstić information content (AvgIpc) is 2.88. The Balaban J connectivity index is 1.56. The van der Waals surface area contributed by atoms with Gasteiger partial charge in [-0.15, -0.1) is 0 Å². The van der Waals surface area contributed by atoms with Gasteiger partial charge < -0.3 is 14.7 Å². The zero-order chi connectivity index (χ0) is 26.1. The average molecular weight is 539 g/mol. The Kier molecular flexibility index (Phi) is 7.58. The number of carbonyl (C=O) groups excluding carboxylic acids is 1. The number of rotatable bonds is 6. The Morgan fingerprint density at radius 2 is 1.39 bits per heavy atom. The third-order valence-electron chi connectivity index (χ3n) is 6.73. The van der Waals surface area contributed by atoms with Crippen LogP contribution in [0.1, 0.15) is 29.6 Å². The molecule has 0 spiro atoms. The largest absolute Gasteiger partial charge is 0.371 e. The predicted octanol–water partition coefficient (Wildman–Crippen LogP) is 2.09. The van der Waals surface area contributed by atoms with E-state index in [-0.39, 0.29) is 21.4 Å². The second-order valence-electron chi connectivity index (χ2n) is 9.10. The molecule has 2 aliphatic rings. The Morgan fingerprint density at radius 1 is 0.806 bits per heavy atom. The van der Waals surface area contributed by atoms with Crippen LogP contribution in [0.4, 0.5) is 15.8 Å². The fourth-order valence-electron chi connectivity index (χ4n) is 4.68. The molecule has 36 heavy (non-hydrogen) atoms. The predicted molar refractivity (Wildman–Crippen MR) is 136 cm³/mol. The first kappa shape index (κ1) is 26.4. The number of halogens is 1. The number of nitrogens with one attached hydrogen (secondary N) is 1. The number of hydrogen-bond donors (Lipinski definition) is 1. The minimum absolute atomic E-state index is 0.0285. The van der Waals surface area contributed by atoms with Gasteiger partial charge in [-0.25, -0.2) is 25.9 Å². The molecule has 2 heterocycles. The highest BCUT2D eigenvalue weighted by Gasteiger charge is 2.28. The maximum Gasteiger partial charge on any atom is 0.256 e. The number of piperazine rings is 1. The van der Waals surface area contributed by atoms with Crippen molar-refractivity contribution in [1.82, 2.24) is 9.62 Å². The van der Waals surface area contributed by atoms with E-state index in [2.05, 4.69) is 9.62 Å². The lowest BCUT2D eigenvalue weighted by atomic mass is 10.1. The number of amides is 1. The maximum absolute atomic E-state index is 14.7. The molecule has 9 nitrogen and oxygen atoms in total. The summed E-state index contributed by atoms with van der Waals surface area (Å²) in [5, 5.41) is 0. The molecule has 2 fully saturated rings. The summed E-state index contributed by atoms with van der Waals surface area (Å²) in [5.74, 6) is -0.897. The van der Waals surface area contributed by atoms with E-state index in [1.54, 1.807) is 15.9 Å². The van der Waals surface area contributed by atoms with Crippen molar-refractivity contribution in [2.45, 2.75) is 29.1 Å². The summed E-state index contributed by atoms with van der Waals surface area (Å²) in [6, 6.07) is 8.51. The molecule has 0 atom stereocenters. The van der Waals surface area contributed by atoms with Gasteiger partial charge in [0.15, 0.2) is 9.84 Å². The Hall–Kier alpha value is -2.70. The van der Waals surface area contributed by atoms with E-state index < -0.39 is 25.7 Å². The standard InChI is InChI=1S/C24H31FN4O5S2/c1-26-36(33,34)19-7-8-22(27-10-4-3-5-11-27)20(16-19)24(30)29-14-12-28(13-15-29)23-9-6-18(17-21(23)25)35(2,31)32/h6-9,16-17,26H,3-5,10-15H2,1-2H3. The van der Waals surface area contributed by atoms with E-state index in [9.17, 15) is 26.0 Å². The summed E-state index contributed by atoms with van der Waals surface area (Å²) >= 11 is 0. The van der Waals surface area contributed by atoms with Crippen LogP contribution in [-0.4, -0.2) is 80.2 Å². The van der Waals surface area contributed by atoms with E-state index >= 15 is 0 Å². The number of hydrogen-bond acceptors (Lipinski definition) is 7. The smallest absolute Gasteiger partial charge is 0.256 e. The molecule has 0 radical (unpaired) electrons. The van der Waals surface area contributed by atoms with Crippen molar-refractivity contribution in [3.05, 3.63) is 47.8 Å². The summed E-state index contributed by atoms with van der Waals surface area (Å²) in [6.45, 7) is 2.94. The van der Waals surface area contributed by atoms with Crippen LogP contribution in [0, 0.1) is 5.82 Å². The number of benzene rings is 2. The monoisotopic (exact) mass is 538 g/mol. The van der Waals surface area contributed by atoms with Gasteiger partial charge in [0, 0.05) is 51.2 Å². The first-order valence-corrected chi connectivity index (χ1v) is 15.2. The Morgan fingerprint density at radius 3 is 1.97 bits per heavy atom. The van der Waals surface area contributed by atoms with Gasteiger partial charge in [-0.05, 0) is 62.7 Å². The van der Waals surface area contributed by atoms with Crippen molar-refractivity contribution in [3.63, 3.8) is 0 Å². The summed E-state index contributed by atoms with van der Waals surface area (Å²) in [6.07, 6.45) is 4.16. The summed E-state index contributed by atoms with van der Waals surface area (Å²) in [7, 11) is -5.91. The number of sulfone groups is 1. The molecule has 1 N–H and O–H groups in total. The zero-order valence-corrected chi connectivity index (χ0v) is 22.0. The van der Waals surface area contributed by atoms with Crippen LogP contribution in [0.2, 0.25) is 0 Å². The normalized spacial score (nSPS) is 17.4. The molecule has 196 valence electrons. The van der Waals surface area contributed by atoms with Gasteiger partial charge in [-0.1, -0.05) is 0 Å². The first-order valence-electron chi connectivity index (χ1n) is 11.9. The van der Waals surface area contributed by atoms with Crippen LogP contribution in [0.5, 0.6) is 0 Å². The molecular weight excluding hydrogens is 507 g/mol. The number of sulfonamides is 1. The fourth-order valence-corrected chi connectivity index (χ4v) is 6.07. The third kappa shape index (κ3) is 5.50. The fraction of sp³-hybridized carbons (Fsp3) is 0.458. The molecule has 2 aromatic carbocycles. The highest BCUT2D eigenvalue weighted by molar-refractivity contribution is 7.90. The maximum atomic E-state index is 14.7. The lowest BCUT2D eigenvalue weighted by Gasteiger charge is -2.37. The zero-order valence-electron chi connectivity index (χ0n) is 20.4. The summed E-state index contributed by atoms with van der Waals surface area (Å²) < 4.78 is 65.2. The van der Waals surface area contributed by atoms with E-state index in [4.69, 9.17) is 0 Å². The number of nitrogens with zero attached hydrogens (tertiary/aromatic N) is 3. The molecular formula is C24H31FN4O5S2. The van der Waals surface area contributed by atoms with Crippen LogP contribution in [0.15, 0.2) is 46.2 Å². The van der Waals surface area contributed by atoms with E-state index in [0.29, 0.717) is 31.7 Å². The van der Waals surface area contributed by atoms with Crippen LogP contribution < -0.4 is 14.5 Å². The number of anilines is 2. The molecule has 1 amide bonds. The van der Waals surface area contributed by atoms with Gasteiger partial charge in [-0.2, -0.15) is 0 Å². The lowest BCUT2D eigenvalue weighted by molar-refractivity contribution is 0.0747. The molecule has 0 unspecified atom stereocenters. The van der Waals surface area contributed by atoms with Crippen molar-refractivity contribution >= 4 is 37.1 Å². The third-order valence-corrected chi connectivity index (χ3v) is 9.25. The molecule has 0 bridgehead atoms. The SMILES string of the molecule is CNS(=O)(=O)c1ccc(N2CCCCC2)c(C(=O)N2CCN(c3ccc(S(C)(=O)=O)cc3F)CC2)c1. The van der Waals surface area contributed by atoms with E-state index in [1.165, 1.54) is 31.3 Å². The van der Waals surface area contributed by atoms with Crippen molar-refractivity contribution in [2.75, 3.05) is 62.4 Å². The highest BCUT2D eigenvalue weighted by Crippen LogP contribution is 2.29. The van der Waals surface area contributed by atoms with Crippen molar-refractivity contribution < 1.29 is 26.0 Å². The molecule has 12 heteroatoms. The van der Waals surface area contributed by atoms with Gasteiger partial charge in [0.05, 0.1) is 21.0 Å². The molecule has 4 rings (SSSR count).